The summed E-state index contributed by atoms with van der Waals surface area (Å²) < 4.78 is 0. The third kappa shape index (κ3) is 3.74. The van der Waals surface area contributed by atoms with Crippen LogP contribution in [0.3, 0.4) is 0 Å². The van der Waals surface area contributed by atoms with E-state index >= 15 is 0 Å². The topological polar surface area (TPSA) is 52.9 Å². The number of amides is 1. The Kier molecular flexibility index (Phi) is 3.68. The molecule has 3 nitrogen and oxygen atoms in total. The second-order valence-corrected chi connectivity index (χ2v) is 4.55. The van der Waals surface area contributed by atoms with Gasteiger partial charge >= 0.3 is 0 Å². The predicted octanol–water partition coefficient (Wildman–Crippen LogP) is 2.02. The van der Waals surface area contributed by atoms with E-state index in [1.165, 1.54) is 6.92 Å². The van der Waals surface area contributed by atoms with Crippen molar-refractivity contribution in [2.45, 2.75) is 32.7 Å². The number of rotatable bonds is 3. The van der Waals surface area contributed by atoms with Gasteiger partial charge in [0.15, 0.2) is 0 Å². The van der Waals surface area contributed by atoms with Crippen molar-refractivity contribution in [1.82, 2.24) is 5.32 Å². The number of nitriles is 1. The van der Waals surface area contributed by atoms with Gasteiger partial charge < -0.3 is 5.32 Å². The molecule has 1 aromatic rings. The van der Waals surface area contributed by atoms with Gasteiger partial charge in [-0.05, 0) is 38.0 Å². The molecule has 0 saturated heterocycles. The molecule has 0 aromatic heterocycles. The third-order valence-electron chi connectivity index (χ3n) is 2.22. The van der Waals surface area contributed by atoms with Crippen LogP contribution in [0.1, 0.15) is 31.9 Å². The van der Waals surface area contributed by atoms with E-state index in [-0.39, 0.29) is 11.4 Å². The zero-order valence-corrected chi connectivity index (χ0v) is 9.87. The Hall–Kier alpha value is -1.82. The SMILES string of the molecule is CC(=O)NC(C)(C)Cc1cccc(C#N)c1. The Balaban J connectivity index is 2.80. The van der Waals surface area contributed by atoms with Crippen LogP contribution in [0.2, 0.25) is 0 Å². The van der Waals surface area contributed by atoms with Crippen molar-refractivity contribution in [3.63, 3.8) is 0 Å². The molecule has 0 fully saturated rings. The average molecular weight is 216 g/mol. The zero-order chi connectivity index (χ0) is 12.2. The molecule has 0 aliphatic heterocycles. The normalized spacial score (nSPS) is 10.6. The fourth-order valence-electron chi connectivity index (χ4n) is 1.78. The van der Waals surface area contributed by atoms with Gasteiger partial charge in [-0.2, -0.15) is 5.26 Å². The summed E-state index contributed by atoms with van der Waals surface area (Å²) in [5.41, 5.74) is 1.41. The molecule has 1 N–H and O–H groups in total. The number of carbonyl (C=O) groups is 1. The first-order valence-corrected chi connectivity index (χ1v) is 5.21. The third-order valence-corrected chi connectivity index (χ3v) is 2.22. The summed E-state index contributed by atoms with van der Waals surface area (Å²) in [7, 11) is 0. The molecule has 1 aromatic carbocycles. The highest BCUT2D eigenvalue weighted by Gasteiger charge is 2.19. The van der Waals surface area contributed by atoms with E-state index < -0.39 is 0 Å². The maximum atomic E-state index is 11.0. The summed E-state index contributed by atoms with van der Waals surface area (Å²) in [5.74, 6) is -0.0403. The van der Waals surface area contributed by atoms with Crippen molar-refractivity contribution in [2.75, 3.05) is 0 Å². The quantitative estimate of drug-likeness (QED) is 0.840. The van der Waals surface area contributed by atoms with E-state index in [0.717, 1.165) is 5.56 Å². The van der Waals surface area contributed by atoms with Crippen LogP contribution < -0.4 is 5.32 Å². The Bertz CT molecular complexity index is 430. The summed E-state index contributed by atoms with van der Waals surface area (Å²) in [4.78, 5) is 11.0. The monoisotopic (exact) mass is 216 g/mol. The van der Waals surface area contributed by atoms with Gasteiger partial charge in [-0.1, -0.05) is 12.1 Å². The van der Waals surface area contributed by atoms with Gasteiger partial charge in [0.2, 0.25) is 5.91 Å². The van der Waals surface area contributed by atoms with Gasteiger partial charge in [0, 0.05) is 12.5 Å². The van der Waals surface area contributed by atoms with E-state index in [2.05, 4.69) is 11.4 Å². The lowest BCUT2D eigenvalue weighted by Crippen LogP contribution is -2.43. The van der Waals surface area contributed by atoms with Crippen LogP contribution in [-0.4, -0.2) is 11.4 Å². The number of hydrogen-bond donors (Lipinski definition) is 1. The summed E-state index contributed by atoms with van der Waals surface area (Å²) in [5, 5.41) is 11.7. The summed E-state index contributed by atoms with van der Waals surface area (Å²) in [6.07, 6.45) is 0.710. The second kappa shape index (κ2) is 4.80. The average Bonchev–Trinajstić information content (AvgIpc) is 2.15. The standard InChI is InChI=1S/C13H16N2O/c1-10(16)15-13(2,3)8-11-5-4-6-12(7-11)9-14/h4-7H,8H2,1-3H3,(H,15,16). The Morgan fingerprint density at radius 2 is 2.19 bits per heavy atom. The smallest absolute Gasteiger partial charge is 0.217 e. The highest BCUT2D eigenvalue weighted by Crippen LogP contribution is 2.13. The largest absolute Gasteiger partial charge is 0.351 e. The number of benzene rings is 1. The summed E-state index contributed by atoms with van der Waals surface area (Å²) >= 11 is 0. The van der Waals surface area contributed by atoms with Gasteiger partial charge in [-0.25, -0.2) is 0 Å². The van der Waals surface area contributed by atoms with Gasteiger partial charge in [0.1, 0.15) is 0 Å². The Labute approximate surface area is 96.1 Å². The lowest BCUT2D eigenvalue weighted by Gasteiger charge is -2.25. The fourth-order valence-corrected chi connectivity index (χ4v) is 1.78. The van der Waals surface area contributed by atoms with Crippen LogP contribution in [0.15, 0.2) is 24.3 Å². The molecule has 0 radical (unpaired) electrons. The first-order chi connectivity index (χ1) is 7.43. The molecule has 0 bridgehead atoms. The van der Waals surface area contributed by atoms with E-state index in [1.54, 1.807) is 6.07 Å². The zero-order valence-electron chi connectivity index (χ0n) is 9.87. The number of carbonyl (C=O) groups excluding carboxylic acids is 1. The molecule has 3 heteroatoms. The Morgan fingerprint density at radius 3 is 2.75 bits per heavy atom. The summed E-state index contributed by atoms with van der Waals surface area (Å²) in [6, 6.07) is 9.55. The molecular weight excluding hydrogens is 200 g/mol. The predicted molar refractivity (Wildman–Crippen MR) is 62.8 cm³/mol. The van der Waals surface area contributed by atoms with Crippen molar-refractivity contribution in [1.29, 1.82) is 5.26 Å². The van der Waals surface area contributed by atoms with Crippen molar-refractivity contribution in [3.05, 3.63) is 35.4 Å². The molecule has 1 amide bonds. The van der Waals surface area contributed by atoms with Gasteiger partial charge in [0.05, 0.1) is 11.6 Å². The summed E-state index contributed by atoms with van der Waals surface area (Å²) in [6.45, 7) is 5.44. The van der Waals surface area contributed by atoms with E-state index in [0.29, 0.717) is 12.0 Å². The first kappa shape index (κ1) is 12.3. The number of hydrogen-bond acceptors (Lipinski definition) is 2. The van der Waals surface area contributed by atoms with Gasteiger partial charge in [-0.3, -0.25) is 4.79 Å². The van der Waals surface area contributed by atoms with Gasteiger partial charge in [0.25, 0.3) is 0 Å². The van der Waals surface area contributed by atoms with Crippen molar-refractivity contribution >= 4 is 5.91 Å². The first-order valence-electron chi connectivity index (χ1n) is 5.21. The van der Waals surface area contributed by atoms with Crippen LogP contribution in [0, 0.1) is 11.3 Å². The van der Waals surface area contributed by atoms with Crippen molar-refractivity contribution < 1.29 is 4.79 Å². The number of nitrogens with zero attached hydrogens (tertiary/aromatic N) is 1. The van der Waals surface area contributed by atoms with Crippen LogP contribution >= 0.6 is 0 Å². The van der Waals surface area contributed by atoms with Crippen molar-refractivity contribution in [2.24, 2.45) is 0 Å². The second-order valence-electron chi connectivity index (χ2n) is 4.55. The van der Waals surface area contributed by atoms with Crippen LogP contribution in [-0.2, 0) is 11.2 Å². The fraction of sp³-hybridized carbons (Fsp3) is 0.385. The molecule has 0 aliphatic carbocycles. The molecule has 0 aliphatic rings. The lowest BCUT2D eigenvalue weighted by molar-refractivity contribution is -0.120. The van der Waals surface area contributed by atoms with Crippen molar-refractivity contribution in [3.8, 4) is 6.07 Å². The molecule has 1 rings (SSSR count). The minimum Gasteiger partial charge on any atom is -0.351 e. The van der Waals surface area contributed by atoms with Gasteiger partial charge in [-0.15, -0.1) is 0 Å². The molecule has 0 atom stereocenters. The highest BCUT2D eigenvalue weighted by atomic mass is 16.1. The highest BCUT2D eigenvalue weighted by molar-refractivity contribution is 5.73. The number of nitrogens with one attached hydrogen (secondary N) is 1. The Morgan fingerprint density at radius 1 is 1.50 bits per heavy atom. The minimum absolute atomic E-state index is 0.0403. The molecule has 16 heavy (non-hydrogen) atoms. The maximum absolute atomic E-state index is 11.0. The molecule has 0 unspecified atom stereocenters. The van der Waals surface area contributed by atoms with Crippen LogP contribution in [0.4, 0.5) is 0 Å². The maximum Gasteiger partial charge on any atom is 0.217 e. The molecule has 0 saturated carbocycles. The van der Waals surface area contributed by atoms with Crippen LogP contribution in [0.25, 0.3) is 0 Å². The lowest BCUT2D eigenvalue weighted by atomic mass is 9.94. The molecule has 0 heterocycles. The molecule has 0 spiro atoms. The van der Waals surface area contributed by atoms with E-state index in [9.17, 15) is 4.79 Å². The van der Waals surface area contributed by atoms with E-state index in [4.69, 9.17) is 5.26 Å². The van der Waals surface area contributed by atoms with Crippen LogP contribution in [0.5, 0.6) is 0 Å². The minimum atomic E-state index is -0.292. The molecular formula is C13H16N2O. The van der Waals surface area contributed by atoms with E-state index in [1.807, 2.05) is 32.0 Å². The molecule has 84 valence electrons.